The highest BCUT2D eigenvalue weighted by molar-refractivity contribution is 5.41. The largest absolute Gasteiger partial charge is 0.352 e. The van der Waals surface area contributed by atoms with Gasteiger partial charge in [0.2, 0.25) is 0 Å². The summed E-state index contributed by atoms with van der Waals surface area (Å²) in [5.41, 5.74) is 0.973. The van der Waals surface area contributed by atoms with Crippen molar-refractivity contribution in [3.63, 3.8) is 0 Å². The molecular formula is C18H29N5. The van der Waals surface area contributed by atoms with Gasteiger partial charge in [0.25, 0.3) is 0 Å². The lowest BCUT2D eigenvalue weighted by Crippen LogP contribution is -2.26. The van der Waals surface area contributed by atoms with Crippen LogP contribution in [-0.4, -0.2) is 26.6 Å². The van der Waals surface area contributed by atoms with Crippen molar-refractivity contribution in [3.8, 4) is 0 Å². The van der Waals surface area contributed by atoms with Crippen molar-refractivity contribution in [2.75, 3.05) is 11.9 Å². The van der Waals surface area contributed by atoms with E-state index in [0.717, 1.165) is 23.2 Å². The van der Waals surface area contributed by atoms with Gasteiger partial charge in [-0.2, -0.15) is 0 Å². The van der Waals surface area contributed by atoms with E-state index in [9.17, 15) is 0 Å². The first-order valence-electron chi connectivity index (χ1n) is 8.06. The fourth-order valence-electron chi connectivity index (χ4n) is 2.19. The maximum Gasteiger partial charge on any atom is 0.136 e. The van der Waals surface area contributed by atoms with Crippen molar-refractivity contribution in [2.24, 2.45) is 7.05 Å². The van der Waals surface area contributed by atoms with Crippen molar-refractivity contribution in [2.45, 2.75) is 58.9 Å². The number of rotatable bonds is 3. The zero-order chi connectivity index (χ0) is 17.4. The third kappa shape index (κ3) is 4.09. The fourth-order valence-corrected chi connectivity index (χ4v) is 2.19. The maximum absolute atomic E-state index is 4.81. The molecule has 0 saturated carbocycles. The lowest BCUT2D eigenvalue weighted by atomic mass is 9.90. The number of hydrogen-bond donors (Lipinski definition) is 0. The third-order valence-electron chi connectivity index (χ3n) is 3.84. The molecule has 2 aromatic heterocycles. The van der Waals surface area contributed by atoms with Crippen LogP contribution in [0.3, 0.4) is 0 Å². The molecule has 0 amide bonds. The molecule has 2 heterocycles. The Balaban J connectivity index is 2.42. The van der Waals surface area contributed by atoms with Crippen molar-refractivity contribution in [3.05, 3.63) is 35.8 Å². The minimum Gasteiger partial charge on any atom is -0.352 e. The van der Waals surface area contributed by atoms with E-state index >= 15 is 0 Å². The number of imidazole rings is 1. The highest BCUT2D eigenvalue weighted by atomic mass is 15.2. The van der Waals surface area contributed by atoms with E-state index < -0.39 is 0 Å². The van der Waals surface area contributed by atoms with E-state index in [1.54, 1.807) is 0 Å². The summed E-state index contributed by atoms with van der Waals surface area (Å²) in [6, 6.07) is 2.10. The Bertz CT molecular complexity index is 641. The Kier molecular flexibility index (Phi) is 4.51. The standard InChI is InChI=1S/C18H29N5/c1-17(2,3)13-11-14(21-16(20-13)18(4,5)6)23(8)12-15-19-9-10-22(15)7/h9-11H,12H2,1-8H3. The van der Waals surface area contributed by atoms with Crippen molar-refractivity contribution in [1.82, 2.24) is 19.5 Å². The minimum absolute atomic E-state index is 0.0121. The second-order valence-corrected chi connectivity index (χ2v) is 8.25. The number of aromatic nitrogens is 4. The molecule has 23 heavy (non-hydrogen) atoms. The molecule has 0 aliphatic carbocycles. The number of nitrogens with zero attached hydrogens (tertiary/aromatic N) is 5. The molecule has 0 saturated heterocycles. The molecule has 0 atom stereocenters. The van der Waals surface area contributed by atoms with Gasteiger partial charge in [-0.25, -0.2) is 15.0 Å². The Morgan fingerprint density at radius 1 is 1.04 bits per heavy atom. The van der Waals surface area contributed by atoms with Gasteiger partial charge in [0.05, 0.1) is 12.2 Å². The zero-order valence-electron chi connectivity index (χ0n) is 15.7. The monoisotopic (exact) mass is 315 g/mol. The van der Waals surface area contributed by atoms with Crippen LogP contribution in [0.15, 0.2) is 18.5 Å². The lowest BCUT2D eigenvalue weighted by molar-refractivity contribution is 0.512. The van der Waals surface area contributed by atoms with Crippen LogP contribution in [-0.2, 0) is 24.4 Å². The Labute approximate surface area is 139 Å². The molecule has 0 aliphatic rings. The second kappa shape index (κ2) is 5.95. The first-order valence-corrected chi connectivity index (χ1v) is 8.06. The average Bonchev–Trinajstić information content (AvgIpc) is 2.82. The number of aryl methyl sites for hydroxylation is 1. The van der Waals surface area contributed by atoms with Crippen LogP contribution >= 0.6 is 0 Å². The first kappa shape index (κ1) is 17.4. The molecule has 0 unspecified atom stereocenters. The number of hydrogen-bond acceptors (Lipinski definition) is 4. The van der Waals surface area contributed by atoms with Crippen LogP contribution in [0.5, 0.6) is 0 Å². The van der Waals surface area contributed by atoms with Gasteiger partial charge in [0.1, 0.15) is 17.5 Å². The van der Waals surface area contributed by atoms with Crippen LogP contribution < -0.4 is 4.90 Å². The van der Waals surface area contributed by atoms with Crippen LogP contribution in [0.2, 0.25) is 0 Å². The molecule has 2 rings (SSSR count). The molecule has 2 aromatic rings. The minimum atomic E-state index is -0.0833. The van der Waals surface area contributed by atoms with Gasteiger partial charge in [-0.1, -0.05) is 41.5 Å². The fraction of sp³-hybridized carbons (Fsp3) is 0.611. The smallest absolute Gasteiger partial charge is 0.136 e. The van der Waals surface area contributed by atoms with Gasteiger partial charge in [-0.05, 0) is 0 Å². The maximum atomic E-state index is 4.81. The van der Waals surface area contributed by atoms with E-state index in [1.807, 2.05) is 24.0 Å². The van der Waals surface area contributed by atoms with E-state index in [1.165, 1.54) is 0 Å². The van der Waals surface area contributed by atoms with Gasteiger partial charge in [-0.15, -0.1) is 0 Å². The molecule has 0 bridgehead atoms. The highest BCUT2D eigenvalue weighted by Gasteiger charge is 2.24. The number of anilines is 1. The molecule has 0 aliphatic heterocycles. The van der Waals surface area contributed by atoms with Gasteiger partial charge in [-0.3, -0.25) is 0 Å². The third-order valence-corrected chi connectivity index (χ3v) is 3.84. The Morgan fingerprint density at radius 2 is 1.70 bits per heavy atom. The Hall–Kier alpha value is -1.91. The SMILES string of the molecule is CN(Cc1nccn1C)c1cc(C(C)(C)C)nc(C(C)(C)C)n1. The molecule has 0 N–H and O–H groups in total. The molecule has 0 fully saturated rings. The van der Waals surface area contributed by atoms with Gasteiger partial charge in [0.15, 0.2) is 0 Å². The van der Waals surface area contributed by atoms with E-state index in [0.29, 0.717) is 6.54 Å². The molecule has 5 nitrogen and oxygen atoms in total. The summed E-state index contributed by atoms with van der Waals surface area (Å²) in [7, 11) is 4.06. The summed E-state index contributed by atoms with van der Waals surface area (Å²) in [6.45, 7) is 13.7. The average molecular weight is 315 g/mol. The molecule has 126 valence electrons. The summed E-state index contributed by atoms with van der Waals surface area (Å²) >= 11 is 0. The van der Waals surface area contributed by atoms with Crippen LogP contribution in [0.1, 0.15) is 58.9 Å². The highest BCUT2D eigenvalue weighted by Crippen LogP contribution is 2.28. The molecular weight excluding hydrogens is 286 g/mol. The molecule has 0 spiro atoms. The summed E-state index contributed by atoms with van der Waals surface area (Å²) in [4.78, 5) is 16.2. The van der Waals surface area contributed by atoms with Crippen molar-refractivity contribution in [1.29, 1.82) is 0 Å². The van der Waals surface area contributed by atoms with Crippen LogP contribution in [0, 0.1) is 0 Å². The topological polar surface area (TPSA) is 46.8 Å². The first-order chi connectivity index (χ1) is 10.5. The summed E-state index contributed by atoms with van der Waals surface area (Å²) in [5.74, 6) is 2.84. The van der Waals surface area contributed by atoms with Crippen molar-refractivity contribution >= 4 is 5.82 Å². The van der Waals surface area contributed by atoms with Gasteiger partial charge in [0, 0.05) is 43.4 Å². The van der Waals surface area contributed by atoms with E-state index in [-0.39, 0.29) is 10.8 Å². The summed E-state index contributed by atoms with van der Waals surface area (Å²) < 4.78 is 2.03. The van der Waals surface area contributed by atoms with E-state index in [2.05, 4.69) is 64.5 Å². The Morgan fingerprint density at radius 3 is 2.17 bits per heavy atom. The van der Waals surface area contributed by atoms with Crippen molar-refractivity contribution < 1.29 is 0 Å². The normalized spacial score (nSPS) is 12.5. The van der Waals surface area contributed by atoms with Gasteiger partial charge >= 0.3 is 0 Å². The molecule has 0 radical (unpaired) electrons. The zero-order valence-corrected chi connectivity index (χ0v) is 15.7. The van der Waals surface area contributed by atoms with Crippen LogP contribution in [0.25, 0.3) is 0 Å². The molecule has 5 heteroatoms. The van der Waals surface area contributed by atoms with E-state index in [4.69, 9.17) is 9.97 Å². The predicted molar refractivity (Wildman–Crippen MR) is 94.7 cm³/mol. The molecule has 0 aromatic carbocycles. The van der Waals surface area contributed by atoms with Crippen LogP contribution in [0.4, 0.5) is 5.82 Å². The predicted octanol–water partition coefficient (Wildman–Crippen LogP) is 3.44. The summed E-state index contributed by atoms with van der Waals surface area (Å²) in [6.07, 6.45) is 3.79. The lowest BCUT2D eigenvalue weighted by Gasteiger charge is -2.26. The van der Waals surface area contributed by atoms with Gasteiger partial charge < -0.3 is 9.47 Å². The summed E-state index contributed by atoms with van der Waals surface area (Å²) in [5, 5.41) is 0. The second-order valence-electron chi connectivity index (χ2n) is 8.25. The quantitative estimate of drug-likeness (QED) is 0.870.